The average molecular weight is 281 g/mol. The average Bonchev–Trinajstić information content (AvgIpc) is 2.44. The maximum atomic E-state index is 5.48. The van der Waals surface area contributed by atoms with Crippen LogP contribution >= 0.6 is 12.6 Å². The molecule has 0 fully saturated rings. The lowest BCUT2D eigenvalue weighted by Gasteiger charge is -2.02. The summed E-state index contributed by atoms with van der Waals surface area (Å²) in [5, 5.41) is 0. The van der Waals surface area contributed by atoms with Gasteiger partial charge in [-0.1, -0.05) is 32.1 Å². The number of hydrogen-bond acceptors (Lipinski definition) is 2. The topological polar surface area (TPSA) is 29.9 Å². The van der Waals surface area contributed by atoms with Gasteiger partial charge in [0.25, 0.3) is 0 Å². The molecule has 2 nitrogen and oxygen atoms in total. The predicted octanol–water partition coefficient (Wildman–Crippen LogP) is 3.14. The summed E-state index contributed by atoms with van der Waals surface area (Å²) < 4.78 is 2.19. The molecule has 19 heavy (non-hydrogen) atoms. The van der Waals surface area contributed by atoms with Crippen LogP contribution in [0.4, 0.5) is 0 Å². The lowest BCUT2D eigenvalue weighted by molar-refractivity contribution is -0.692. The first-order valence-corrected chi connectivity index (χ1v) is 8.29. The van der Waals surface area contributed by atoms with Gasteiger partial charge in [0, 0.05) is 17.9 Å². The van der Waals surface area contributed by atoms with Crippen LogP contribution in [0, 0.1) is 0 Å². The van der Waals surface area contributed by atoms with Gasteiger partial charge >= 0.3 is 0 Å². The quantitative estimate of drug-likeness (QED) is 0.364. The molecule has 1 heterocycles. The number of unbranched alkanes of at least 4 members (excludes halogenated alkanes) is 6. The molecule has 0 atom stereocenters. The molecule has 0 saturated carbocycles. The summed E-state index contributed by atoms with van der Waals surface area (Å²) in [7, 11) is 0. The minimum Gasteiger partial charge on any atom is -0.330 e. The molecule has 108 valence electrons. The zero-order valence-electron chi connectivity index (χ0n) is 12.1. The number of hydrogen-bond donors (Lipinski definition) is 2. The molecule has 0 spiro atoms. The smallest absolute Gasteiger partial charge is 0.169 e. The van der Waals surface area contributed by atoms with Gasteiger partial charge in [0.15, 0.2) is 18.9 Å². The normalized spacial score (nSPS) is 10.8. The lowest BCUT2D eigenvalue weighted by Crippen LogP contribution is -2.33. The highest BCUT2D eigenvalue weighted by atomic mass is 32.1. The predicted molar refractivity (Wildman–Crippen MR) is 85.6 cm³/mol. The SMILES string of the molecule is NCCCCCCCCCc1cc[n+](CCS)cc1. The van der Waals surface area contributed by atoms with Crippen LogP contribution in [0.1, 0.15) is 50.5 Å². The Hall–Kier alpha value is -0.540. The number of pyridine rings is 1. The van der Waals surface area contributed by atoms with Crippen molar-refractivity contribution in [1.29, 1.82) is 0 Å². The van der Waals surface area contributed by atoms with E-state index >= 15 is 0 Å². The Bertz CT molecular complexity index is 311. The van der Waals surface area contributed by atoms with Crippen LogP contribution < -0.4 is 10.3 Å². The number of aromatic nitrogens is 1. The fraction of sp³-hybridized carbons (Fsp3) is 0.688. The standard InChI is InChI=1S/C16H28N2S/c17-11-7-5-3-1-2-4-6-8-16-9-12-18(13-10-16)14-15-19/h9-10,12-13H,1-8,11,14-15,17H2/p+1. The molecule has 0 radical (unpaired) electrons. The van der Waals surface area contributed by atoms with E-state index in [1.807, 2.05) is 0 Å². The van der Waals surface area contributed by atoms with Gasteiger partial charge in [-0.05, 0) is 31.4 Å². The van der Waals surface area contributed by atoms with Crippen molar-refractivity contribution in [3.05, 3.63) is 30.1 Å². The maximum Gasteiger partial charge on any atom is 0.169 e. The third kappa shape index (κ3) is 8.27. The monoisotopic (exact) mass is 281 g/mol. The third-order valence-electron chi connectivity index (χ3n) is 3.49. The van der Waals surface area contributed by atoms with Gasteiger partial charge in [-0.25, -0.2) is 4.57 Å². The molecule has 0 aliphatic carbocycles. The Kier molecular flexibility index (Phi) is 9.82. The molecule has 3 heteroatoms. The van der Waals surface area contributed by atoms with Crippen LogP contribution in [-0.4, -0.2) is 12.3 Å². The molecule has 0 bridgehead atoms. The van der Waals surface area contributed by atoms with Gasteiger partial charge in [0.1, 0.15) is 0 Å². The minimum atomic E-state index is 0.848. The Balaban J connectivity index is 2.02. The molecule has 0 amide bonds. The van der Waals surface area contributed by atoms with E-state index < -0.39 is 0 Å². The third-order valence-corrected chi connectivity index (χ3v) is 3.69. The van der Waals surface area contributed by atoms with Gasteiger partial charge in [0.2, 0.25) is 0 Å². The summed E-state index contributed by atoms with van der Waals surface area (Å²) in [4.78, 5) is 0. The van der Waals surface area contributed by atoms with E-state index in [1.54, 1.807) is 0 Å². The first kappa shape index (κ1) is 16.5. The van der Waals surface area contributed by atoms with E-state index in [9.17, 15) is 0 Å². The van der Waals surface area contributed by atoms with Gasteiger partial charge in [-0.15, -0.1) is 0 Å². The zero-order chi connectivity index (χ0) is 13.8. The number of thiol groups is 1. The molecule has 0 aliphatic rings. The molecule has 0 unspecified atom stereocenters. The molecule has 2 N–H and O–H groups in total. The van der Waals surface area contributed by atoms with E-state index in [2.05, 4.69) is 41.7 Å². The van der Waals surface area contributed by atoms with Gasteiger partial charge in [-0.3, -0.25) is 0 Å². The number of rotatable bonds is 11. The molecule has 1 aromatic rings. The first-order chi connectivity index (χ1) is 9.36. The van der Waals surface area contributed by atoms with Crippen molar-refractivity contribution in [3.8, 4) is 0 Å². The van der Waals surface area contributed by atoms with Crippen molar-refractivity contribution in [3.63, 3.8) is 0 Å². The summed E-state index contributed by atoms with van der Waals surface area (Å²) in [5.74, 6) is 0.897. The number of aryl methyl sites for hydroxylation is 2. The largest absolute Gasteiger partial charge is 0.330 e. The molecular formula is C16H29N2S+. The highest BCUT2D eigenvalue weighted by molar-refractivity contribution is 7.80. The second kappa shape index (κ2) is 11.3. The van der Waals surface area contributed by atoms with E-state index in [0.29, 0.717) is 0 Å². The molecule has 0 aromatic carbocycles. The van der Waals surface area contributed by atoms with Crippen molar-refractivity contribution in [1.82, 2.24) is 0 Å². The molecule has 1 aromatic heterocycles. The number of nitrogens with two attached hydrogens (primary N) is 1. The Morgan fingerprint density at radius 3 is 2.05 bits per heavy atom. The van der Waals surface area contributed by atoms with Crippen molar-refractivity contribution >= 4 is 12.6 Å². The Morgan fingerprint density at radius 1 is 0.895 bits per heavy atom. The van der Waals surface area contributed by atoms with E-state index in [-0.39, 0.29) is 0 Å². The zero-order valence-corrected chi connectivity index (χ0v) is 13.0. The summed E-state index contributed by atoms with van der Waals surface area (Å²) in [6.07, 6.45) is 14.8. The van der Waals surface area contributed by atoms with Crippen LogP contribution in [-0.2, 0) is 13.0 Å². The summed E-state index contributed by atoms with van der Waals surface area (Å²) in [5.41, 5.74) is 6.94. The molecule has 0 aliphatic heterocycles. The number of nitrogens with zero attached hydrogens (tertiary/aromatic N) is 1. The fourth-order valence-corrected chi connectivity index (χ4v) is 2.51. The van der Waals surface area contributed by atoms with Crippen LogP contribution in [0.25, 0.3) is 0 Å². The first-order valence-electron chi connectivity index (χ1n) is 7.65. The van der Waals surface area contributed by atoms with Gasteiger partial charge in [0.05, 0.1) is 0 Å². The highest BCUT2D eigenvalue weighted by Gasteiger charge is 1.99. The summed E-state index contributed by atoms with van der Waals surface area (Å²) in [6, 6.07) is 4.48. The molecule has 1 rings (SSSR count). The Labute approximate surface area is 123 Å². The van der Waals surface area contributed by atoms with Crippen LogP contribution in [0.5, 0.6) is 0 Å². The second-order valence-electron chi connectivity index (χ2n) is 5.18. The van der Waals surface area contributed by atoms with Crippen molar-refractivity contribution in [2.24, 2.45) is 5.73 Å². The van der Waals surface area contributed by atoms with E-state index in [1.165, 1.54) is 56.9 Å². The maximum absolute atomic E-state index is 5.48. The molecular weight excluding hydrogens is 252 g/mol. The second-order valence-corrected chi connectivity index (χ2v) is 5.63. The highest BCUT2D eigenvalue weighted by Crippen LogP contribution is 2.09. The molecule has 0 saturated heterocycles. The van der Waals surface area contributed by atoms with Crippen LogP contribution in [0.15, 0.2) is 24.5 Å². The van der Waals surface area contributed by atoms with Gasteiger partial charge < -0.3 is 5.73 Å². The van der Waals surface area contributed by atoms with E-state index in [0.717, 1.165) is 18.8 Å². The summed E-state index contributed by atoms with van der Waals surface area (Å²) >= 11 is 4.24. The van der Waals surface area contributed by atoms with Crippen LogP contribution in [0.2, 0.25) is 0 Å². The minimum absolute atomic E-state index is 0.848. The van der Waals surface area contributed by atoms with Crippen molar-refractivity contribution < 1.29 is 4.57 Å². The lowest BCUT2D eigenvalue weighted by atomic mass is 10.1. The Morgan fingerprint density at radius 2 is 1.47 bits per heavy atom. The fourth-order valence-electron chi connectivity index (χ4n) is 2.28. The van der Waals surface area contributed by atoms with Crippen LogP contribution in [0.3, 0.4) is 0 Å². The van der Waals surface area contributed by atoms with E-state index in [4.69, 9.17) is 5.73 Å². The van der Waals surface area contributed by atoms with Gasteiger partial charge in [-0.2, -0.15) is 12.6 Å². The van der Waals surface area contributed by atoms with Crippen molar-refractivity contribution in [2.45, 2.75) is 57.9 Å². The van der Waals surface area contributed by atoms with Crippen molar-refractivity contribution in [2.75, 3.05) is 12.3 Å². The summed E-state index contributed by atoms with van der Waals surface area (Å²) in [6.45, 7) is 1.84.